The molecular formula is C30H53Cl2N3O7P2. The predicted molar refractivity (Wildman–Crippen MR) is 180 cm³/mol. The van der Waals surface area contributed by atoms with E-state index in [-0.39, 0.29) is 38.8 Å². The van der Waals surface area contributed by atoms with Crippen LogP contribution in [0, 0.1) is 0 Å². The number of nitrogens with one attached hydrogen (secondary N) is 1. The van der Waals surface area contributed by atoms with E-state index >= 15 is 0 Å². The van der Waals surface area contributed by atoms with E-state index in [0.29, 0.717) is 37.7 Å². The minimum atomic E-state index is -3.90. The molecule has 10 nitrogen and oxygen atoms in total. The third-order valence-electron chi connectivity index (χ3n) is 7.85. The molecule has 14 heteroatoms. The molecule has 1 aromatic rings. The van der Waals surface area contributed by atoms with Gasteiger partial charge in [-0.3, -0.25) is 13.9 Å². The molecule has 0 radical (unpaired) electrons. The van der Waals surface area contributed by atoms with E-state index in [1.54, 1.807) is 27.7 Å². The average molecular weight is 701 g/mol. The van der Waals surface area contributed by atoms with Crippen LogP contribution >= 0.6 is 38.4 Å². The van der Waals surface area contributed by atoms with Gasteiger partial charge in [0.05, 0.1) is 32.5 Å². The van der Waals surface area contributed by atoms with E-state index in [1.807, 2.05) is 24.3 Å². The summed E-state index contributed by atoms with van der Waals surface area (Å²) in [6, 6.07) is 7.15. The van der Waals surface area contributed by atoms with Gasteiger partial charge in [-0.15, -0.1) is 23.2 Å². The lowest BCUT2D eigenvalue weighted by atomic mass is 9.78. The number of nitrogens with zero attached hydrogens (tertiary/aromatic N) is 1. The second-order valence-electron chi connectivity index (χ2n) is 10.9. The van der Waals surface area contributed by atoms with Crippen molar-refractivity contribution in [3.05, 3.63) is 29.8 Å². The Labute approximate surface area is 274 Å². The molecule has 0 bridgehead atoms. The van der Waals surface area contributed by atoms with E-state index in [9.17, 15) is 13.9 Å². The summed E-state index contributed by atoms with van der Waals surface area (Å²) in [7, 11) is -7.79. The largest absolute Gasteiger partial charge is 0.369 e. The number of carbonyl (C=O) groups excluding carboxylic acids is 1. The molecular weight excluding hydrogens is 647 g/mol. The number of rotatable bonds is 22. The van der Waals surface area contributed by atoms with E-state index in [1.165, 1.54) is 0 Å². The molecule has 1 aliphatic carbocycles. The van der Waals surface area contributed by atoms with E-state index in [2.05, 4.69) is 10.2 Å². The number of alkyl halides is 2. The number of hydrogen-bond acceptors (Lipinski definition) is 9. The van der Waals surface area contributed by atoms with Crippen molar-refractivity contribution in [3.63, 3.8) is 0 Å². The molecule has 1 atom stereocenters. The minimum Gasteiger partial charge on any atom is -0.369 e. The zero-order valence-electron chi connectivity index (χ0n) is 26.8. The van der Waals surface area contributed by atoms with Crippen LogP contribution in [0.5, 0.6) is 0 Å². The first-order valence-corrected chi connectivity index (χ1v) is 20.2. The fraction of sp³-hybridized carbons (Fsp3) is 0.767. The van der Waals surface area contributed by atoms with Gasteiger partial charge in [0.2, 0.25) is 5.91 Å². The highest BCUT2D eigenvalue weighted by atomic mass is 35.5. The van der Waals surface area contributed by atoms with Crippen molar-refractivity contribution >= 4 is 50.0 Å². The molecule has 0 aliphatic heterocycles. The van der Waals surface area contributed by atoms with Crippen molar-refractivity contribution in [3.8, 4) is 0 Å². The lowest BCUT2D eigenvalue weighted by Gasteiger charge is -2.41. The molecule has 254 valence electrons. The Balaban J connectivity index is 2.25. The summed E-state index contributed by atoms with van der Waals surface area (Å²) in [5.74, 6) is 0.736. The van der Waals surface area contributed by atoms with Crippen LogP contribution in [0.2, 0.25) is 0 Å². The summed E-state index contributed by atoms with van der Waals surface area (Å²) in [4.78, 5) is 15.6. The normalized spacial score (nSPS) is 16.2. The lowest BCUT2D eigenvalue weighted by molar-refractivity contribution is -0.124. The van der Waals surface area contributed by atoms with Crippen molar-refractivity contribution < 1.29 is 32.0 Å². The Morgan fingerprint density at radius 1 is 0.886 bits per heavy atom. The topological polar surface area (TPSA) is 129 Å². The molecule has 1 saturated carbocycles. The molecule has 0 aromatic heterocycles. The number of anilines is 1. The minimum absolute atomic E-state index is 0.112. The summed E-state index contributed by atoms with van der Waals surface area (Å²) >= 11 is 11.9. The molecule has 0 saturated heterocycles. The third kappa shape index (κ3) is 11.5. The summed E-state index contributed by atoms with van der Waals surface area (Å²) in [5.41, 5.74) is 7.79. The Bertz CT molecular complexity index is 1020. The van der Waals surface area contributed by atoms with E-state index in [4.69, 9.17) is 47.0 Å². The molecule has 1 fully saturated rings. The van der Waals surface area contributed by atoms with Crippen LogP contribution in [-0.4, -0.2) is 74.2 Å². The van der Waals surface area contributed by atoms with Crippen LogP contribution in [0.25, 0.3) is 0 Å². The fourth-order valence-electron chi connectivity index (χ4n) is 5.82. The first kappa shape index (κ1) is 39.5. The summed E-state index contributed by atoms with van der Waals surface area (Å²) < 4.78 is 50.7. The van der Waals surface area contributed by atoms with Gasteiger partial charge in [0.15, 0.2) is 5.40 Å². The van der Waals surface area contributed by atoms with Gasteiger partial charge in [-0.1, -0.05) is 31.4 Å². The first-order chi connectivity index (χ1) is 21.1. The van der Waals surface area contributed by atoms with Crippen molar-refractivity contribution in [2.24, 2.45) is 5.73 Å². The number of nitrogens with two attached hydrogens (primary N) is 1. The van der Waals surface area contributed by atoms with Gasteiger partial charge >= 0.3 is 15.2 Å². The van der Waals surface area contributed by atoms with Crippen LogP contribution in [-0.2, 0) is 38.4 Å². The maximum Gasteiger partial charge on any atom is 0.345 e. The highest BCUT2D eigenvalue weighted by molar-refractivity contribution is 7.72. The van der Waals surface area contributed by atoms with E-state index < -0.39 is 32.2 Å². The first-order valence-electron chi connectivity index (χ1n) is 15.9. The Morgan fingerprint density at radius 2 is 1.36 bits per heavy atom. The number of halogens is 2. The van der Waals surface area contributed by atoms with Crippen LogP contribution in [0.4, 0.5) is 5.69 Å². The zero-order chi connectivity index (χ0) is 32.6. The van der Waals surface area contributed by atoms with Crippen LogP contribution in [0.3, 0.4) is 0 Å². The van der Waals surface area contributed by atoms with Gasteiger partial charge in [-0.25, -0.2) is 0 Å². The van der Waals surface area contributed by atoms with Crippen molar-refractivity contribution in [2.45, 2.75) is 96.0 Å². The fourth-order valence-corrected chi connectivity index (χ4v) is 11.6. The van der Waals surface area contributed by atoms with Gasteiger partial charge in [-0.2, -0.15) is 0 Å². The molecule has 2 rings (SSSR count). The Kier molecular flexibility index (Phi) is 17.8. The molecule has 3 N–H and O–H groups in total. The number of benzene rings is 1. The van der Waals surface area contributed by atoms with Crippen LogP contribution < -0.4 is 16.0 Å². The molecule has 0 unspecified atom stereocenters. The Morgan fingerprint density at radius 3 is 1.80 bits per heavy atom. The monoisotopic (exact) mass is 699 g/mol. The maximum absolute atomic E-state index is 14.1. The Hall–Kier alpha value is -0.670. The predicted octanol–water partition coefficient (Wildman–Crippen LogP) is 7.30. The van der Waals surface area contributed by atoms with Gasteiger partial charge in [0, 0.05) is 36.1 Å². The van der Waals surface area contributed by atoms with Crippen molar-refractivity contribution in [2.75, 3.05) is 56.2 Å². The van der Waals surface area contributed by atoms with Crippen molar-refractivity contribution in [1.82, 2.24) is 5.32 Å². The highest BCUT2D eigenvalue weighted by Gasteiger charge is 2.51. The summed E-state index contributed by atoms with van der Waals surface area (Å²) in [6.45, 7) is 8.67. The second-order valence-corrected chi connectivity index (χ2v) is 16.5. The lowest BCUT2D eigenvalue weighted by Crippen LogP contribution is -2.55. The quantitative estimate of drug-likeness (QED) is 0.0946. The van der Waals surface area contributed by atoms with Crippen molar-refractivity contribution in [1.29, 1.82) is 0 Å². The summed E-state index contributed by atoms with van der Waals surface area (Å²) in [6.07, 6.45) is 5.27. The van der Waals surface area contributed by atoms with E-state index in [0.717, 1.165) is 43.4 Å². The third-order valence-corrected chi connectivity index (χ3v) is 14.3. The van der Waals surface area contributed by atoms with Gasteiger partial charge in [0.1, 0.15) is 0 Å². The molecule has 0 heterocycles. The second kappa shape index (κ2) is 19.9. The molecule has 44 heavy (non-hydrogen) atoms. The summed E-state index contributed by atoms with van der Waals surface area (Å²) in [5, 5.41) is 2.13. The molecule has 1 aliphatic rings. The van der Waals surface area contributed by atoms with Crippen LogP contribution in [0.1, 0.15) is 78.2 Å². The number of amides is 1. The van der Waals surface area contributed by atoms with Gasteiger partial charge in [-0.05, 0) is 77.5 Å². The molecule has 0 spiro atoms. The molecule has 1 aromatic carbocycles. The standard InChI is InChI=1S/C30H53Cl2N3O7P2/c1-5-39-43(37,40-6-2)28(44(38,41-7-3)42-8-4)16-19-30(17-10-9-11-18-30)34-29(36)27(33)24-25-12-14-26(15-13-25)35(22-20-31)23-21-32/h12-15,27-28H,5-11,16-24,33H2,1-4H3,(H,34,36)/t27-/m0/s1. The number of hydrogen-bond donors (Lipinski definition) is 2. The highest BCUT2D eigenvalue weighted by Crippen LogP contribution is 2.72. The maximum atomic E-state index is 14.1. The zero-order valence-corrected chi connectivity index (χ0v) is 30.1. The SMILES string of the molecule is CCOP(=O)(OCC)C(CCC1(NC(=O)[C@@H](N)Cc2ccc(N(CCCl)CCCl)cc2)CCCCC1)P(=O)(OCC)OCC. The van der Waals surface area contributed by atoms with Gasteiger partial charge in [0.25, 0.3) is 0 Å². The average Bonchev–Trinajstić information content (AvgIpc) is 2.98. The number of carbonyl (C=O) groups is 1. The van der Waals surface area contributed by atoms with Crippen LogP contribution in [0.15, 0.2) is 24.3 Å². The smallest absolute Gasteiger partial charge is 0.345 e. The van der Waals surface area contributed by atoms with Gasteiger partial charge < -0.3 is 34.0 Å². The molecule has 1 amide bonds.